The van der Waals surface area contributed by atoms with Crippen LogP contribution in [0.3, 0.4) is 0 Å². The van der Waals surface area contributed by atoms with Crippen LogP contribution in [-0.2, 0) is 0 Å². The van der Waals surface area contributed by atoms with Crippen molar-refractivity contribution in [2.75, 3.05) is 0 Å². The Labute approximate surface area is 133 Å². The number of carbonyl (C=O) groups excluding carboxylic acids is 1. The molecule has 0 radical (unpaired) electrons. The van der Waals surface area contributed by atoms with Crippen LogP contribution in [0.15, 0.2) is 66.7 Å². The number of phenols is 1. The molecule has 22 heavy (non-hydrogen) atoms. The van der Waals surface area contributed by atoms with Crippen molar-refractivity contribution < 1.29 is 9.90 Å². The van der Waals surface area contributed by atoms with E-state index in [1.807, 2.05) is 36.4 Å². The molecule has 0 amide bonds. The molecule has 0 atom stereocenters. The number of aromatic hydroxyl groups is 1. The number of hydrogen-bond donors (Lipinski definition) is 1. The number of hydrogen-bond acceptors (Lipinski definition) is 2. The third kappa shape index (κ3) is 2.87. The lowest BCUT2D eigenvalue weighted by Crippen LogP contribution is -1.93. The minimum Gasteiger partial charge on any atom is -0.508 e. The first-order valence-electron chi connectivity index (χ1n) is 6.84. The van der Waals surface area contributed by atoms with Gasteiger partial charge in [0.25, 0.3) is 0 Å². The molecule has 3 aromatic carbocycles. The summed E-state index contributed by atoms with van der Waals surface area (Å²) in [6.07, 6.45) is 3.32. The van der Waals surface area contributed by atoms with Crippen molar-refractivity contribution in [1.82, 2.24) is 0 Å². The van der Waals surface area contributed by atoms with Crippen LogP contribution >= 0.6 is 11.6 Å². The Bertz CT molecular complexity index is 864. The van der Waals surface area contributed by atoms with Gasteiger partial charge < -0.3 is 5.11 Å². The molecule has 3 heteroatoms. The van der Waals surface area contributed by atoms with Crippen molar-refractivity contribution in [3.8, 4) is 5.75 Å². The van der Waals surface area contributed by atoms with E-state index < -0.39 is 0 Å². The van der Waals surface area contributed by atoms with Crippen molar-refractivity contribution in [3.63, 3.8) is 0 Å². The summed E-state index contributed by atoms with van der Waals surface area (Å²) < 4.78 is 0. The first-order chi connectivity index (χ1) is 10.6. The van der Waals surface area contributed by atoms with E-state index >= 15 is 0 Å². The van der Waals surface area contributed by atoms with Crippen LogP contribution in [0.25, 0.3) is 16.8 Å². The van der Waals surface area contributed by atoms with Gasteiger partial charge in [-0.25, -0.2) is 0 Å². The minimum atomic E-state index is -0.112. The average molecular weight is 309 g/mol. The van der Waals surface area contributed by atoms with E-state index in [4.69, 9.17) is 11.6 Å². The number of benzene rings is 3. The molecule has 0 aromatic heterocycles. The fraction of sp³-hybridized carbons (Fsp3) is 0. The van der Waals surface area contributed by atoms with Gasteiger partial charge in [0.05, 0.1) is 0 Å². The van der Waals surface area contributed by atoms with Gasteiger partial charge in [-0.15, -0.1) is 0 Å². The zero-order chi connectivity index (χ0) is 15.5. The minimum absolute atomic E-state index is 0.112. The smallest absolute Gasteiger partial charge is 0.185 e. The highest BCUT2D eigenvalue weighted by atomic mass is 35.5. The van der Waals surface area contributed by atoms with Gasteiger partial charge in [-0.3, -0.25) is 4.79 Å². The molecular weight excluding hydrogens is 296 g/mol. The largest absolute Gasteiger partial charge is 0.508 e. The maximum Gasteiger partial charge on any atom is 0.185 e. The van der Waals surface area contributed by atoms with Crippen LogP contribution in [0.5, 0.6) is 5.75 Å². The molecule has 108 valence electrons. The fourth-order valence-electron chi connectivity index (χ4n) is 2.32. The predicted molar refractivity (Wildman–Crippen MR) is 90.4 cm³/mol. The monoisotopic (exact) mass is 308 g/mol. The van der Waals surface area contributed by atoms with Crippen LogP contribution in [0.2, 0.25) is 5.02 Å². The lowest BCUT2D eigenvalue weighted by atomic mass is 10.0. The summed E-state index contributed by atoms with van der Waals surface area (Å²) in [6, 6.07) is 17.7. The van der Waals surface area contributed by atoms with Crippen LogP contribution in [0, 0.1) is 0 Å². The van der Waals surface area contributed by atoms with Crippen molar-refractivity contribution in [2.45, 2.75) is 0 Å². The molecule has 0 bridgehead atoms. The number of ketones is 1. The van der Waals surface area contributed by atoms with Crippen molar-refractivity contribution in [3.05, 3.63) is 82.9 Å². The molecule has 0 aliphatic rings. The lowest BCUT2D eigenvalue weighted by Gasteiger charge is -2.04. The van der Waals surface area contributed by atoms with Gasteiger partial charge in [0.15, 0.2) is 5.78 Å². The zero-order valence-electron chi connectivity index (χ0n) is 11.7. The molecule has 0 fully saturated rings. The van der Waals surface area contributed by atoms with Crippen LogP contribution < -0.4 is 0 Å². The molecule has 2 nitrogen and oxygen atoms in total. The van der Waals surface area contributed by atoms with E-state index in [2.05, 4.69) is 0 Å². The van der Waals surface area contributed by atoms with Gasteiger partial charge in [0, 0.05) is 16.0 Å². The maximum atomic E-state index is 12.1. The number of carbonyl (C=O) groups is 1. The Hall–Kier alpha value is -2.58. The highest BCUT2D eigenvalue weighted by molar-refractivity contribution is 6.35. The molecule has 0 spiro atoms. The normalized spacial score (nSPS) is 11.1. The predicted octanol–water partition coefficient (Wildman–Crippen LogP) is 5.09. The van der Waals surface area contributed by atoms with Crippen LogP contribution in [0.1, 0.15) is 15.9 Å². The van der Waals surface area contributed by atoms with Crippen molar-refractivity contribution in [2.24, 2.45) is 0 Å². The van der Waals surface area contributed by atoms with E-state index in [1.54, 1.807) is 18.2 Å². The van der Waals surface area contributed by atoms with Gasteiger partial charge in [0.1, 0.15) is 5.75 Å². The van der Waals surface area contributed by atoms with Crippen molar-refractivity contribution in [1.29, 1.82) is 0 Å². The third-order valence-electron chi connectivity index (χ3n) is 3.47. The standard InChI is InChI=1S/C19H13ClO2/c20-18-11-7-13(16-3-1-2-4-17(16)18)8-12-19(22)14-5-9-15(21)10-6-14/h1-12,21H/b12-8+. The van der Waals surface area contributed by atoms with E-state index in [0.717, 1.165) is 16.3 Å². The number of phenolic OH excluding ortho intramolecular Hbond substituents is 1. The van der Waals surface area contributed by atoms with Crippen LogP contribution in [0.4, 0.5) is 0 Å². The quantitative estimate of drug-likeness (QED) is 0.540. The summed E-state index contributed by atoms with van der Waals surface area (Å²) in [4.78, 5) is 12.1. The third-order valence-corrected chi connectivity index (χ3v) is 3.80. The molecule has 0 heterocycles. The Morgan fingerprint density at radius 2 is 1.59 bits per heavy atom. The summed E-state index contributed by atoms with van der Waals surface area (Å²) in [5, 5.41) is 11.9. The molecule has 0 unspecified atom stereocenters. The van der Waals surface area contributed by atoms with E-state index in [-0.39, 0.29) is 11.5 Å². The second kappa shape index (κ2) is 6.04. The first-order valence-corrected chi connectivity index (χ1v) is 7.21. The van der Waals surface area contributed by atoms with Crippen molar-refractivity contribution >= 4 is 34.2 Å². The zero-order valence-corrected chi connectivity index (χ0v) is 12.4. The molecular formula is C19H13ClO2. The Kier molecular flexibility index (Phi) is 3.94. The molecule has 3 aromatic rings. The highest BCUT2D eigenvalue weighted by Gasteiger charge is 2.04. The summed E-state index contributed by atoms with van der Waals surface area (Å²) in [6.45, 7) is 0. The Balaban J connectivity index is 1.94. The Morgan fingerprint density at radius 1 is 0.909 bits per heavy atom. The molecule has 0 saturated heterocycles. The SMILES string of the molecule is O=C(/C=C/c1ccc(Cl)c2ccccc12)c1ccc(O)cc1. The second-order valence-electron chi connectivity index (χ2n) is 4.93. The molecule has 0 saturated carbocycles. The lowest BCUT2D eigenvalue weighted by molar-refractivity contribution is 0.104. The molecule has 0 aliphatic heterocycles. The second-order valence-corrected chi connectivity index (χ2v) is 5.33. The number of allylic oxidation sites excluding steroid dienone is 1. The topological polar surface area (TPSA) is 37.3 Å². The van der Waals surface area contributed by atoms with Gasteiger partial charge in [-0.05, 0) is 47.4 Å². The van der Waals surface area contributed by atoms with Crippen LogP contribution in [-0.4, -0.2) is 10.9 Å². The molecule has 0 aliphatic carbocycles. The summed E-state index contributed by atoms with van der Waals surface area (Å²) in [5.74, 6) is 0.0308. The van der Waals surface area contributed by atoms with Gasteiger partial charge in [-0.2, -0.15) is 0 Å². The van der Waals surface area contributed by atoms with Gasteiger partial charge in [0.2, 0.25) is 0 Å². The summed E-state index contributed by atoms with van der Waals surface area (Å²) in [7, 11) is 0. The van der Waals surface area contributed by atoms with Gasteiger partial charge in [-0.1, -0.05) is 48.0 Å². The summed E-state index contributed by atoms with van der Waals surface area (Å²) in [5.41, 5.74) is 1.47. The number of fused-ring (bicyclic) bond motifs is 1. The first kappa shape index (κ1) is 14.4. The summed E-state index contributed by atoms with van der Waals surface area (Å²) >= 11 is 6.19. The van der Waals surface area contributed by atoms with Gasteiger partial charge >= 0.3 is 0 Å². The molecule has 3 rings (SSSR count). The Morgan fingerprint density at radius 3 is 2.32 bits per heavy atom. The maximum absolute atomic E-state index is 12.1. The average Bonchev–Trinajstić information content (AvgIpc) is 2.55. The fourth-order valence-corrected chi connectivity index (χ4v) is 2.55. The van der Waals surface area contributed by atoms with E-state index in [0.29, 0.717) is 10.6 Å². The number of halogens is 1. The van der Waals surface area contributed by atoms with E-state index in [1.165, 1.54) is 18.2 Å². The van der Waals surface area contributed by atoms with E-state index in [9.17, 15) is 9.90 Å². The molecule has 1 N–H and O–H groups in total. The highest BCUT2D eigenvalue weighted by Crippen LogP contribution is 2.27. The number of rotatable bonds is 3.